The lowest BCUT2D eigenvalue weighted by atomic mass is 9.87. The van der Waals surface area contributed by atoms with Crippen LogP contribution in [0.5, 0.6) is 0 Å². The van der Waals surface area contributed by atoms with Crippen molar-refractivity contribution in [1.82, 2.24) is 14.8 Å². The van der Waals surface area contributed by atoms with Gasteiger partial charge in [0.1, 0.15) is 6.04 Å². The fraction of sp³-hybridized carbons (Fsp3) is 0.722. The summed E-state index contributed by atoms with van der Waals surface area (Å²) in [5.41, 5.74) is -0.822. The summed E-state index contributed by atoms with van der Waals surface area (Å²) < 4.78 is 40.9. The Balaban J connectivity index is 1.62. The molecule has 0 bridgehead atoms. The zero-order chi connectivity index (χ0) is 19.9. The number of carbonyl (C=O) groups excluding carboxylic acids is 1. The van der Waals surface area contributed by atoms with E-state index in [1.165, 1.54) is 9.80 Å². The Morgan fingerprint density at radius 3 is 2.50 bits per heavy atom. The molecule has 0 N–H and O–H groups in total. The van der Waals surface area contributed by atoms with Crippen LogP contribution < -0.4 is 4.90 Å². The molecule has 0 radical (unpaired) electrons. The lowest BCUT2D eigenvalue weighted by Gasteiger charge is -2.44. The largest absolute Gasteiger partial charge is 0.434 e. The molecule has 6 nitrogen and oxygen atoms in total. The molecular weight excluding hydrogens is 391 g/mol. The lowest BCUT2D eigenvalue weighted by Crippen LogP contribution is -2.64. The van der Waals surface area contributed by atoms with Gasteiger partial charge in [0.15, 0.2) is 17.0 Å². The number of nitrogens with zero attached hydrogens (tertiary/aromatic N) is 5. The van der Waals surface area contributed by atoms with Crippen LogP contribution in [0.3, 0.4) is 0 Å². The van der Waals surface area contributed by atoms with E-state index < -0.39 is 17.9 Å². The summed E-state index contributed by atoms with van der Waals surface area (Å²) in [7, 11) is 0. The predicted octanol–water partition coefficient (Wildman–Crippen LogP) is 3.02. The molecule has 28 heavy (non-hydrogen) atoms. The maximum atomic E-state index is 13.6. The van der Waals surface area contributed by atoms with Gasteiger partial charge in [-0.05, 0) is 18.8 Å². The van der Waals surface area contributed by atoms with Crippen molar-refractivity contribution < 1.29 is 18.0 Å². The number of amides is 1. The molecule has 3 aliphatic rings. The average molecular weight is 413 g/mol. The first-order valence-electron chi connectivity index (χ1n) is 9.66. The van der Waals surface area contributed by atoms with E-state index in [0.29, 0.717) is 26.2 Å². The molecule has 1 aliphatic carbocycles. The normalized spacial score (nSPS) is 24.9. The van der Waals surface area contributed by atoms with Gasteiger partial charge in [0.25, 0.3) is 0 Å². The Kier molecular flexibility index (Phi) is 5.22. The zero-order valence-electron chi connectivity index (χ0n) is 15.4. The van der Waals surface area contributed by atoms with Crippen molar-refractivity contribution in [2.24, 2.45) is 0 Å². The van der Waals surface area contributed by atoms with E-state index >= 15 is 0 Å². The van der Waals surface area contributed by atoms with Crippen LogP contribution >= 0.6 is 11.3 Å². The number of alkyl halides is 3. The van der Waals surface area contributed by atoms with Crippen LogP contribution in [0.4, 0.5) is 18.3 Å². The van der Waals surface area contributed by atoms with Crippen LogP contribution in [0.1, 0.15) is 48.6 Å². The van der Waals surface area contributed by atoms with Gasteiger partial charge in [0.2, 0.25) is 5.91 Å². The molecule has 2 saturated heterocycles. The Morgan fingerprint density at radius 1 is 1.11 bits per heavy atom. The molecule has 1 atom stereocenters. The number of thiazole rings is 1. The van der Waals surface area contributed by atoms with Crippen LogP contribution in [-0.4, -0.2) is 59.5 Å². The van der Waals surface area contributed by atoms with Crippen molar-refractivity contribution >= 4 is 22.4 Å². The van der Waals surface area contributed by atoms with Gasteiger partial charge >= 0.3 is 6.18 Å². The highest BCUT2D eigenvalue weighted by molar-refractivity contribution is 7.16. The van der Waals surface area contributed by atoms with E-state index in [1.807, 2.05) is 4.90 Å². The molecule has 1 aromatic rings. The van der Waals surface area contributed by atoms with Crippen LogP contribution in [0, 0.1) is 11.5 Å². The Labute approximate surface area is 165 Å². The highest BCUT2D eigenvalue weighted by Crippen LogP contribution is 2.45. The van der Waals surface area contributed by atoms with E-state index in [0.717, 1.165) is 43.4 Å². The van der Waals surface area contributed by atoms with Crippen molar-refractivity contribution in [1.29, 1.82) is 5.26 Å². The number of rotatable bonds is 2. The molecule has 4 rings (SSSR count). The quantitative estimate of drug-likeness (QED) is 0.698. The summed E-state index contributed by atoms with van der Waals surface area (Å²) in [5.74, 6) is -0.388. The number of nitriles is 1. The van der Waals surface area contributed by atoms with E-state index in [-0.39, 0.29) is 28.4 Å². The SMILES string of the molecule is N#CN1CCN2CCN(c3nc(C(F)(F)F)c(C4CCCCC4)s3)C(=O)[C@H]2C1. The fourth-order valence-electron chi connectivity index (χ4n) is 4.40. The minimum atomic E-state index is -4.52. The molecular formula is C18H22F3N5OS. The molecule has 1 saturated carbocycles. The number of halogens is 3. The first-order chi connectivity index (χ1) is 13.4. The fourth-order valence-corrected chi connectivity index (χ4v) is 5.69. The van der Waals surface area contributed by atoms with E-state index in [9.17, 15) is 18.0 Å². The topological polar surface area (TPSA) is 63.5 Å². The van der Waals surface area contributed by atoms with Crippen LogP contribution in [-0.2, 0) is 11.0 Å². The number of hydrogen-bond acceptors (Lipinski definition) is 6. The second-order valence-corrected chi connectivity index (χ2v) is 8.64. The van der Waals surface area contributed by atoms with Crippen molar-refractivity contribution in [2.75, 3.05) is 37.6 Å². The maximum absolute atomic E-state index is 13.6. The van der Waals surface area contributed by atoms with Crippen molar-refractivity contribution in [2.45, 2.75) is 50.2 Å². The molecule has 3 heterocycles. The third-order valence-electron chi connectivity index (χ3n) is 5.91. The predicted molar refractivity (Wildman–Crippen MR) is 97.8 cm³/mol. The molecule has 2 aliphatic heterocycles. The summed E-state index contributed by atoms with van der Waals surface area (Å²) in [5, 5.41) is 9.27. The van der Waals surface area contributed by atoms with Crippen molar-refractivity contribution in [3.63, 3.8) is 0 Å². The summed E-state index contributed by atoms with van der Waals surface area (Å²) >= 11 is 1.03. The van der Waals surface area contributed by atoms with Gasteiger partial charge in [0.05, 0.1) is 6.54 Å². The minimum absolute atomic E-state index is 0.128. The standard InChI is InChI=1S/C18H22F3N5OS/c19-18(20,21)15-14(12-4-2-1-3-5-12)28-17(23-15)26-9-8-25-7-6-24(11-22)10-13(25)16(26)27/h12-13H,1-10H2/t13-/m1/s1. The number of hydrogen-bond donors (Lipinski definition) is 0. The van der Waals surface area contributed by atoms with Gasteiger partial charge in [-0.1, -0.05) is 19.3 Å². The van der Waals surface area contributed by atoms with Crippen molar-refractivity contribution in [3.8, 4) is 6.19 Å². The lowest BCUT2D eigenvalue weighted by molar-refractivity contribution is -0.141. The minimum Gasteiger partial charge on any atom is -0.307 e. The molecule has 0 unspecified atom stereocenters. The smallest absolute Gasteiger partial charge is 0.307 e. The second kappa shape index (κ2) is 7.52. The Bertz CT molecular complexity index is 783. The number of anilines is 1. The number of aromatic nitrogens is 1. The maximum Gasteiger partial charge on any atom is 0.434 e. The third kappa shape index (κ3) is 3.57. The second-order valence-electron chi connectivity index (χ2n) is 7.63. The summed E-state index contributed by atoms with van der Waals surface area (Å²) in [4.78, 5) is 22.1. The van der Waals surface area contributed by atoms with Crippen molar-refractivity contribution in [3.05, 3.63) is 10.6 Å². The first-order valence-corrected chi connectivity index (χ1v) is 10.5. The molecule has 152 valence electrons. The van der Waals surface area contributed by atoms with Gasteiger partial charge < -0.3 is 4.90 Å². The molecule has 10 heteroatoms. The zero-order valence-corrected chi connectivity index (χ0v) is 16.2. The Hall–Kier alpha value is -1.86. The molecule has 1 amide bonds. The summed E-state index contributed by atoms with van der Waals surface area (Å²) in [6, 6.07) is -0.501. The van der Waals surface area contributed by atoms with Gasteiger partial charge in [-0.25, -0.2) is 4.98 Å². The van der Waals surface area contributed by atoms with Gasteiger partial charge in [-0.2, -0.15) is 18.4 Å². The highest BCUT2D eigenvalue weighted by atomic mass is 32.1. The molecule has 1 aromatic heterocycles. The summed E-state index contributed by atoms with van der Waals surface area (Å²) in [6.07, 6.45) is 1.94. The highest BCUT2D eigenvalue weighted by Gasteiger charge is 2.44. The molecule has 3 fully saturated rings. The van der Waals surface area contributed by atoms with Crippen LogP contribution in [0.2, 0.25) is 0 Å². The van der Waals surface area contributed by atoms with Gasteiger partial charge in [-0.3, -0.25) is 14.6 Å². The van der Waals surface area contributed by atoms with Crippen LogP contribution in [0.15, 0.2) is 0 Å². The summed E-state index contributed by atoms with van der Waals surface area (Å²) in [6.45, 7) is 2.36. The number of piperazine rings is 2. The Morgan fingerprint density at radius 2 is 1.82 bits per heavy atom. The first kappa shape index (κ1) is 19.5. The number of fused-ring (bicyclic) bond motifs is 1. The third-order valence-corrected chi connectivity index (χ3v) is 7.15. The van der Waals surface area contributed by atoms with E-state index in [4.69, 9.17) is 5.26 Å². The van der Waals surface area contributed by atoms with E-state index in [1.54, 1.807) is 0 Å². The monoisotopic (exact) mass is 413 g/mol. The molecule has 0 aromatic carbocycles. The van der Waals surface area contributed by atoms with Gasteiger partial charge in [-0.15, -0.1) is 11.3 Å². The average Bonchev–Trinajstić information content (AvgIpc) is 3.14. The number of carbonyl (C=O) groups is 1. The molecule has 0 spiro atoms. The van der Waals surface area contributed by atoms with Crippen LogP contribution in [0.25, 0.3) is 0 Å². The van der Waals surface area contributed by atoms with E-state index in [2.05, 4.69) is 11.2 Å². The van der Waals surface area contributed by atoms with Gasteiger partial charge in [0, 0.05) is 31.1 Å².